The maximum Gasteiger partial charge on any atom is 0.254 e. The number of hydrogen-bond acceptors (Lipinski definition) is 2. The van der Waals surface area contributed by atoms with E-state index in [1.807, 2.05) is 0 Å². The summed E-state index contributed by atoms with van der Waals surface area (Å²) < 4.78 is 27.3. The largest absolute Gasteiger partial charge is 0.349 e. The maximum absolute atomic E-state index is 13.7. The van der Waals surface area contributed by atoms with E-state index in [4.69, 9.17) is 0 Å². The summed E-state index contributed by atoms with van der Waals surface area (Å²) in [4.78, 5) is 24.3. The van der Waals surface area contributed by atoms with Gasteiger partial charge < -0.3 is 10.6 Å². The molecular formula is C20H20F2N2O2. The lowest BCUT2D eigenvalue weighted by molar-refractivity contribution is 0.0887. The highest BCUT2D eigenvalue weighted by atomic mass is 19.1. The predicted octanol–water partition coefficient (Wildman–Crippen LogP) is 3.44. The van der Waals surface area contributed by atoms with Gasteiger partial charge in [-0.2, -0.15) is 0 Å². The van der Waals surface area contributed by atoms with Crippen LogP contribution in [0, 0.1) is 11.6 Å². The van der Waals surface area contributed by atoms with Gasteiger partial charge in [0.1, 0.15) is 11.6 Å². The summed E-state index contributed by atoms with van der Waals surface area (Å²) in [6.07, 6.45) is 2.68. The second-order valence-corrected chi connectivity index (χ2v) is 6.46. The van der Waals surface area contributed by atoms with Gasteiger partial charge in [-0.3, -0.25) is 9.59 Å². The molecule has 2 N–H and O–H groups in total. The van der Waals surface area contributed by atoms with Crippen molar-refractivity contribution in [2.75, 3.05) is 0 Å². The summed E-state index contributed by atoms with van der Waals surface area (Å²) in [6, 6.07) is 11.6. The SMILES string of the molecule is O=C(NC1CCC(NC(=O)c2ccccc2F)CC1)c1ccccc1F. The summed E-state index contributed by atoms with van der Waals surface area (Å²) in [5.74, 6) is -1.95. The Morgan fingerprint density at radius 3 is 1.38 bits per heavy atom. The lowest BCUT2D eigenvalue weighted by Gasteiger charge is -2.29. The number of amides is 2. The van der Waals surface area contributed by atoms with Crippen LogP contribution in [0.15, 0.2) is 48.5 Å². The van der Waals surface area contributed by atoms with Gasteiger partial charge in [-0.05, 0) is 49.9 Å². The van der Waals surface area contributed by atoms with Crippen molar-refractivity contribution < 1.29 is 18.4 Å². The Hall–Kier alpha value is -2.76. The highest BCUT2D eigenvalue weighted by Gasteiger charge is 2.25. The predicted molar refractivity (Wildman–Crippen MR) is 93.8 cm³/mol. The van der Waals surface area contributed by atoms with Crippen LogP contribution in [0.5, 0.6) is 0 Å². The Morgan fingerprint density at radius 2 is 1.04 bits per heavy atom. The van der Waals surface area contributed by atoms with Crippen LogP contribution in [-0.4, -0.2) is 23.9 Å². The molecule has 0 atom stereocenters. The number of nitrogens with one attached hydrogen (secondary N) is 2. The average Bonchev–Trinajstić information content (AvgIpc) is 2.64. The molecule has 0 aromatic heterocycles. The molecule has 6 heteroatoms. The fourth-order valence-electron chi connectivity index (χ4n) is 3.20. The van der Waals surface area contributed by atoms with E-state index < -0.39 is 23.4 Å². The molecule has 4 nitrogen and oxygen atoms in total. The van der Waals surface area contributed by atoms with Crippen molar-refractivity contribution >= 4 is 11.8 Å². The molecule has 136 valence electrons. The maximum atomic E-state index is 13.7. The zero-order valence-corrected chi connectivity index (χ0v) is 14.2. The molecule has 0 spiro atoms. The normalized spacial score (nSPS) is 19.6. The van der Waals surface area contributed by atoms with Gasteiger partial charge in [0.25, 0.3) is 11.8 Å². The van der Waals surface area contributed by atoms with Gasteiger partial charge in [0, 0.05) is 12.1 Å². The fourth-order valence-corrected chi connectivity index (χ4v) is 3.20. The van der Waals surface area contributed by atoms with E-state index in [0.717, 1.165) is 0 Å². The molecule has 1 saturated carbocycles. The Kier molecular flexibility index (Phi) is 5.61. The van der Waals surface area contributed by atoms with Crippen molar-refractivity contribution in [1.82, 2.24) is 10.6 Å². The first-order valence-electron chi connectivity index (χ1n) is 8.65. The minimum absolute atomic E-state index is 0.0301. The van der Waals surface area contributed by atoms with E-state index in [-0.39, 0.29) is 23.2 Å². The van der Waals surface area contributed by atoms with Crippen LogP contribution in [0.1, 0.15) is 46.4 Å². The van der Waals surface area contributed by atoms with Crippen molar-refractivity contribution in [3.05, 3.63) is 71.3 Å². The molecule has 0 unspecified atom stereocenters. The van der Waals surface area contributed by atoms with Crippen LogP contribution < -0.4 is 10.6 Å². The monoisotopic (exact) mass is 358 g/mol. The van der Waals surface area contributed by atoms with Crippen LogP contribution >= 0.6 is 0 Å². The molecule has 0 saturated heterocycles. The van der Waals surface area contributed by atoms with E-state index in [2.05, 4.69) is 10.6 Å². The summed E-state index contributed by atoms with van der Waals surface area (Å²) in [5, 5.41) is 5.68. The number of rotatable bonds is 4. The average molecular weight is 358 g/mol. The van der Waals surface area contributed by atoms with E-state index in [0.29, 0.717) is 25.7 Å². The van der Waals surface area contributed by atoms with E-state index in [9.17, 15) is 18.4 Å². The molecular weight excluding hydrogens is 338 g/mol. The van der Waals surface area contributed by atoms with Gasteiger partial charge in [-0.25, -0.2) is 8.78 Å². The van der Waals surface area contributed by atoms with E-state index in [1.54, 1.807) is 12.1 Å². The molecule has 26 heavy (non-hydrogen) atoms. The van der Waals surface area contributed by atoms with Crippen LogP contribution in [0.25, 0.3) is 0 Å². The molecule has 0 aliphatic heterocycles. The van der Waals surface area contributed by atoms with Crippen molar-refractivity contribution in [2.45, 2.75) is 37.8 Å². The third-order valence-electron chi connectivity index (χ3n) is 4.63. The summed E-state index contributed by atoms with van der Waals surface area (Å²) in [5.41, 5.74) is 0.0601. The molecule has 0 heterocycles. The van der Waals surface area contributed by atoms with Crippen molar-refractivity contribution in [2.24, 2.45) is 0 Å². The number of halogens is 2. The zero-order valence-electron chi connectivity index (χ0n) is 14.2. The van der Waals surface area contributed by atoms with Crippen LogP contribution in [-0.2, 0) is 0 Å². The molecule has 1 fully saturated rings. The number of carbonyl (C=O) groups is 2. The molecule has 2 aromatic rings. The van der Waals surface area contributed by atoms with Crippen LogP contribution in [0.3, 0.4) is 0 Å². The minimum atomic E-state index is -0.546. The fraction of sp³-hybridized carbons (Fsp3) is 0.300. The molecule has 0 radical (unpaired) electrons. The lowest BCUT2D eigenvalue weighted by atomic mass is 9.90. The Bertz CT molecular complexity index is 734. The summed E-state index contributed by atoms with van der Waals surface area (Å²) >= 11 is 0. The van der Waals surface area contributed by atoms with Gasteiger partial charge in [0.05, 0.1) is 11.1 Å². The van der Waals surface area contributed by atoms with E-state index >= 15 is 0 Å². The molecule has 0 bridgehead atoms. The zero-order chi connectivity index (χ0) is 18.5. The van der Waals surface area contributed by atoms with Gasteiger partial charge >= 0.3 is 0 Å². The molecule has 2 amide bonds. The van der Waals surface area contributed by atoms with Crippen molar-refractivity contribution in [3.63, 3.8) is 0 Å². The Balaban J connectivity index is 1.50. The number of hydrogen-bond donors (Lipinski definition) is 2. The first kappa shape index (κ1) is 18.0. The van der Waals surface area contributed by atoms with Gasteiger partial charge in [0.2, 0.25) is 0 Å². The third-order valence-corrected chi connectivity index (χ3v) is 4.63. The van der Waals surface area contributed by atoms with Crippen LogP contribution in [0.4, 0.5) is 8.78 Å². The first-order valence-corrected chi connectivity index (χ1v) is 8.65. The topological polar surface area (TPSA) is 58.2 Å². The Labute approximate surface area is 150 Å². The third kappa shape index (κ3) is 4.25. The van der Waals surface area contributed by atoms with E-state index in [1.165, 1.54) is 36.4 Å². The molecule has 1 aliphatic rings. The van der Waals surface area contributed by atoms with Gasteiger partial charge in [0.15, 0.2) is 0 Å². The standard InChI is InChI=1S/C20H20F2N2O2/c21-17-7-3-1-5-15(17)19(25)23-13-9-11-14(12-10-13)24-20(26)16-6-2-4-8-18(16)22/h1-8,13-14H,9-12H2,(H,23,25)(H,24,26). The smallest absolute Gasteiger partial charge is 0.254 e. The highest BCUT2D eigenvalue weighted by molar-refractivity contribution is 5.95. The summed E-state index contributed by atoms with van der Waals surface area (Å²) in [7, 11) is 0. The summed E-state index contributed by atoms with van der Waals surface area (Å²) in [6.45, 7) is 0. The van der Waals surface area contributed by atoms with Crippen molar-refractivity contribution in [1.29, 1.82) is 0 Å². The van der Waals surface area contributed by atoms with Crippen LogP contribution in [0.2, 0.25) is 0 Å². The molecule has 3 rings (SSSR count). The van der Waals surface area contributed by atoms with Crippen molar-refractivity contribution in [3.8, 4) is 0 Å². The first-order chi connectivity index (χ1) is 12.5. The second-order valence-electron chi connectivity index (χ2n) is 6.46. The lowest BCUT2D eigenvalue weighted by Crippen LogP contribution is -2.44. The molecule has 1 aliphatic carbocycles. The number of carbonyl (C=O) groups excluding carboxylic acids is 2. The number of benzene rings is 2. The van der Waals surface area contributed by atoms with Gasteiger partial charge in [-0.1, -0.05) is 24.3 Å². The highest BCUT2D eigenvalue weighted by Crippen LogP contribution is 2.20. The molecule has 2 aromatic carbocycles. The quantitative estimate of drug-likeness (QED) is 0.880. The van der Waals surface area contributed by atoms with Gasteiger partial charge in [-0.15, -0.1) is 0 Å². The Morgan fingerprint density at radius 1 is 0.692 bits per heavy atom. The minimum Gasteiger partial charge on any atom is -0.349 e. The second kappa shape index (κ2) is 8.08.